The smallest absolute Gasteiger partial charge is 0.245 e. The highest BCUT2D eigenvalue weighted by atomic mass is 16.3. The van der Waals surface area contributed by atoms with E-state index in [4.69, 9.17) is 22.9 Å². The molecule has 0 unspecified atom stereocenters. The molecular formula is C53H91N15O15. The van der Waals surface area contributed by atoms with Crippen molar-refractivity contribution in [2.75, 3.05) is 39.3 Å². The Morgan fingerprint density at radius 3 is 1.59 bits per heavy atom. The summed E-state index contributed by atoms with van der Waals surface area (Å²) < 4.78 is 0. The molecule has 0 aromatic heterocycles. The van der Waals surface area contributed by atoms with Gasteiger partial charge in [0, 0.05) is 19.4 Å². The number of amides is 11. The average molecular weight is 1180 g/mol. The van der Waals surface area contributed by atoms with E-state index in [1.165, 1.54) is 6.92 Å². The van der Waals surface area contributed by atoms with Crippen LogP contribution in [0.5, 0.6) is 0 Å². The number of hydrogen-bond acceptors (Lipinski definition) is 19. The van der Waals surface area contributed by atoms with Gasteiger partial charge in [0.25, 0.3) is 0 Å². The van der Waals surface area contributed by atoms with E-state index < -0.39 is 163 Å². The number of nitrogens with two attached hydrogens (primary N) is 4. The van der Waals surface area contributed by atoms with Crippen molar-refractivity contribution in [1.82, 2.24) is 58.5 Å². The SMILES string of the molecule is CC[C@H](C)CCCCC(=O)N[C@H](CCN)C(=O)N[C@H](C(=O)N[C@H](CO)C(=O)N[C@H]1CCNC(=O)[C@@H]([C@H](C)O)NC(=O)[C@@H](CCN)NC(=O)[C@@H](CCN)NC(=O)[C@H]([C@@H](C)O)NC(=O)[C@H](Cc2ccccc2)NC(=O)[C@@H](CCN)NC1=O)[C@@H](C)O. The van der Waals surface area contributed by atoms with Crippen LogP contribution in [-0.2, 0) is 59.2 Å². The number of nitrogens with one attached hydrogen (secondary N) is 11. The van der Waals surface area contributed by atoms with Crippen LogP contribution >= 0.6 is 0 Å². The van der Waals surface area contributed by atoms with E-state index in [-0.39, 0.29) is 64.7 Å². The third-order valence-electron chi connectivity index (χ3n) is 13.7. The molecule has 0 radical (unpaired) electrons. The first-order chi connectivity index (χ1) is 39.3. The predicted molar refractivity (Wildman–Crippen MR) is 302 cm³/mol. The first kappa shape index (κ1) is 72.2. The predicted octanol–water partition coefficient (Wildman–Crippen LogP) is -7.27. The summed E-state index contributed by atoms with van der Waals surface area (Å²) in [5.74, 6) is -10.5. The number of carbonyl (C=O) groups excluding carboxylic acids is 11. The molecule has 1 aromatic carbocycles. The molecule has 1 heterocycles. The molecule has 2 rings (SSSR count). The largest absolute Gasteiger partial charge is 0.394 e. The lowest BCUT2D eigenvalue weighted by Crippen LogP contribution is -2.63. The third kappa shape index (κ3) is 25.2. The van der Waals surface area contributed by atoms with Crippen LogP contribution in [0.1, 0.15) is 104 Å². The normalized spacial score (nSPS) is 23.5. The van der Waals surface area contributed by atoms with Gasteiger partial charge in [-0.05, 0) is 97.0 Å². The summed E-state index contributed by atoms with van der Waals surface area (Å²) in [6.45, 7) is 5.31. The molecule has 1 saturated heterocycles. The fourth-order valence-electron chi connectivity index (χ4n) is 8.55. The summed E-state index contributed by atoms with van der Waals surface area (Å²) in [6, 6.07) is -8.01. The number of rotatable bonds is 27. The lowest BCUT2D eigenvalue weighted by Gasteiger charge is -2.29. The second kappa shape index (κ2) is 38.0. The van der Waals surface area contributed by atoms with Crippen molar-refractivity contribution >= 4 is 65.0 Å². The van der Waals surface area contributed by atoms with E-state index in [1.807, 2.05) is 0 Å². The van der Waals surface area contributed by atoms with Gasteiger partial charge in [0.15, 0.2) is 0 Å². The zero-order valence-corrected chi connectivity index (χ0v) is 48.1. The number of unbranched alkanes of at least 4 members (excludes halogenated alkanes) is 1. The number of carbonyl (C=O) groups is 11. The van der Waals surface area contributed by atoms with E-state index in [0.717, 1.165) is 33.1 Å². The molecule has 0 saturated carbocycles. The minimum absolute atomic E-state index is 0.0500. The van der Waals surface area contributed by atoms with Crippen LogP contribution < -0.4 is 81.4 Å². The summed E-state index contributed by atoms with van der Waals surface area (Å²) in [5.41, 5.74) is 23.7. The standard InChI is InChI=1S/C53H91N15O15/c1-6-28(2)12-10-11-15-40(73)59-33(16-21-54)47(77)67-43(31(5)72)53(83)65-39(27-69)50(80)62-37-20-25-58-51(81)41(29(3)70)66-48(78)36(19-24-57)61-44(74)35(18-23-56)63-52(82)42(30(4)71)68-49(79)38(26-32-13-8-7-9-14-32)64-45(75)34(17-22-55)60-46(37)76/h7-9,13-14,28-31,33-39,41-43,69-72H,6,10-12,15-27,54-57H2,1-5H3,(H,58,81)(H,59,73)(H,60,76)(H,61,74)(H,62,80)(H,63,82)(H,64,75)(H,65,83)(H,66,78)(H,67,77)(H,68,79)/t28-,29-,30+,31+,33+,34+,35+,36+,37-,38-,39+,41+,42-,43-/m0/s1. The average Bonchev–Trinajstić information content (AvgIpc) is 3.45. The monoisotopic (exact) mass is 1180 g/mol. The molecular weight excluding hydrogens is 1090 g/mol. The lowest BCUT2D eigenvalue weighted by atomic mass is 10.0. The van der Waals surface area contributed by atoms with Crippen LogP contribution in [0.3, 0.4) is 0 Å². The molecule has 14 atom stereocenters. The van der Waals surface area contributed by atoms with Crippen molar-refractivity contribution in [3.8, 4) is 0 Å². The van der Waals surface area contributed by atoms with E-state index in [9.17, 15) is 73.2 Å². The van der Waals surface area contributed by atoms with E-state index in [1.54, 1.807) is 30.3 Å². The minimum Gasteiger partial charge on any atom is -0.394 e. The van der Waals surface area contributed by atoms with Gasteiger partial charge in [0.2, 0.25) is 65.0 Å². The Labute approximate surface area is 483 Å². The van der Waals surface area contributed by atoms with Gasteiger partial charge in [-0.2, -0.15) is 0 Å². The molecule has 1 aliphatic heterocycles. The summed E-state index contributed by atoms with van der Waals surface area (Å²) in [4.78, 5) is 152. The van der Waals surface area contributed by atoms with Crippen molar-refractivity contribution in [3.63, 3.8) is 0 Å². The van der Waals surface area contributed by atoms with Gasteiger partial charge < -0.3 is 102 Å². The van der Waals surface area contributed by atoms with Crippen LogP contribution in [0, 0.1) is 5.92 Å². The maximum Gasteiger partial charge on any atom is 0.245 e. The van der Waals surface area contributed by atoms with Crippen molar-refractivity contribution in [3.05, 3.63) is 35.9 Å². The molecule has 1 aliphatic rings. The Kier molecular flexibility index (Phi) is 33.1. The summed E-state index contributed by atoms with van der Waals surface area (Å²) in [7, 11) is 0. The van der Waals surface area contributed by atoms with Crippen molar-refractivity contribution < 1.29 is 73.2 Å². The van der Waals surface area contributed by atoms with Gasteiger partial charge in [-0.15, -0.1) is 0 Å². The fraction of sp³-hybridized carbons (Fsp3) is 0.679. The second-order valence-electron chi connectivity index (χ2n) is 20.7. The van der Waals surface area contributed by atoms with E-state index in [0.29, 0.717) is 17.9 Å². The molecule has 0 aliphatic carbocycles. The van der Waals surface area contributed by atoms with E-state index in [2.05, 4.69) is 72.3 Å². The number of benzene rings is 1. The topological polar surface area (TPSA) is 505 Å². The molecule has 23 N–H and O–H groups in total. The number of aliphatic hydroxyl groups excluding tert-OH is 4. The fourth-order valence-corrected chi connectivity index (χ4v) is 8.55. The van der Waals surface area contributed by atoms with Gasteiger partial charge in [0.05, 0.1) is 24.9 Å². The Morgan fingerprint density at radius 1 is 0.578 bits per heavy atom. The molecule has 468 valence electrons. The minimum atomic E-state index is -1.91. The van der Waals surface area contributed by atoms with Gasteiger partial charge in [-0.1, -0.05) is 63.4 Å². The maximum atomic E-state index is 14.4. The zero-order chi connectivity index (χ0) is 62.3. The third-order valence-corrected chi connectivity index (χ3v) is 13.7. The Balaban J connectivity index is 2.63. The number of hydrogen-bond donors (Lipinski definition) is 19. The highest BCUT2D eigenvalue weighted by Crippen LogP contribution is 2.13. The van der Waals surface area contributed by atoms with Crippen LogP contribution in [0.2, 0.25) is 0 Å². The first-order valence-corrected chi connectivity index (χ1v) is 28.2. The van der Waals surface area contributed by atoms with Crippen LogP contribution in [-0.4, -0.2) is 203 Å². The Morgan fingerprint density at radius 2 is 1.08 bits per heavy atom. The summed E-state index contributed by atoms with van der Waals surface area (Å²) in [6.07, 6.45) is -3.06. The lowest BCUT2D eigenvalue weighted by molar-refractivity contribution is -0.137. The quantitative estimate of drug-likeness (QED) is 0.0364. The molecule has 0 spiro atoms. The van der Waals surface area contributed by atoms with Gasteiger partial charge >= 0.3 is 0 Å². The second-order valence-corrected chi connectivity index (χ2v) is 20.7. The van der Waals surface area contributed by atoms with Crippen LogP contribution in [0.15, 0.2) is 30.3 Å². The number of aliphatic hydroxyl groups is 4. The van der Waals surface area contributed by atoms with E-state index >= 15 is 0 Å². The van der Waals surface area contributed by atoms with Gasteiger partial charge in [0.1, 0.15) is 60.4 Å². The molecule has 30 heteroatoms. The molecule has 11 amide bonds. The van der Waals surface area contributed by atoms with Crippen molar-refractivity contribution in [2.24, 2.45) is 28.9 Å². The summed E-state index contributed by atoms with van der Waals surface area (Å²) >= 11 is 0. The molecule has 30 nitrogen and oxygen atoms in total. The highest BCUT2D eigenvalue weighted by Gasteiger charge is 2.38. The van der Waals surface area contributed by atoms with Crippen LogP contribution in [0.4, 0.5) is 0 Å². The molecule has 0 bridgehead atoms. The van der Waals surface area contributed by atoms with Crippen LogP contribution in [0.25, 0.3) is 0 Å². The van der Waals surface area contributed by atoms with Crippen molar-refractivity contribution in [2.45, 2.75) is 184 Å². The van der Waals surface area contributed by atoms with Gasteiger partial charge in [-0.3, -0.25) is 52.7 Å². The highest BCUT2D eigenvalue weighted by molar-refractivity contribution is 5.99. The zero-order valence-electron chi connectivity index (χ0n) is 48.1. The first-order valence-electron chi connectivity index (χ1n) is 28.2. The molecule has 1 fully saturated rings. The van der Waals surface area contributed by atoms with Gasteiger partial charge in [-0.25, -0.2) is 0 Å². The maximum absolute atomic E-state index is 14.4. The summed E-state index contributed by atoms with van der Waals surface area (Å²) in [5, 5.41) is 69.3. The van der Waals surface area contributed by atoms with Crippen molar-refractivity contribution in [1.29, 1.82) is 0 Å². The Bertz CT molecular complexity index is 2280. The molecule has 1 aromatic rings. The molecule has 83 heavy (non-hydrogen) atoms. The Hall–Kier alpha value is -6.93.